The van der Waals surface area contributed by atoms with Gasteiger partial charge in [-0.2, -0.15) is 0 Å². The minimum Gasteiger partial charge on any atom is -0.457 e. The zero-order chi connectivity index (χ0) is 15.0. The van der Waals surface area contributed by atoms with E-state index in [9.17, 15) is 14.4 Å². The van der Waals surface area contributed by atoms with Crippen LogP contribution in [0.4, 0.5) is 4.79 Å². The van der Waals surface area contributed by atoms with E-state index in [1.54, 1.807) is 18.2 Å². The van der Waals surface area contributed by atoms with Gasteiger partial charge in [-0.15, -0.1) is 0 Å². The highest BCUT2D eigenvalue weighted by Gasteiger charge is 2.25. The molecule has 0 saturated carbocycles. The van der Waals surface area contributed by atoms with E-state index < -0.39 is 11.1 Å². The highest BCUT2D eigenvalue weighted by Crippen LogP contribution is 2.28. The first-order valence-electron chi connectivity index (χ1n) is 5.61. The molecule has 0 radical (unpaired) electrons. The van der Waals surface area contributed by atoms with E-state index in [1.165, 1.54) is 6.08 Å². The fourth-order valence-corrected chi connectivity index (χ4v) is 3.31. The summed E-state index contributed by atoms with van der Waals surface area (Å²) in [5.74, 6) is 0.161. The smallest absolute Gasteiger partial charge is 0.290 e. The Labute approximate surface area is 132 Å². The van der Waals surface area contributed by atoms with Gasteiger partial charge in [-0.05, 0) is 23.9 Å². The Morgan fingerprint density at radius 2 is 1.52 bits per heavy atom. The van der Waals surface area contributed by atoms with Crippen molar-refractivity contribution in [2.24, 2.45) is 0 Å². The van der Waals surface area contributed by atoms with Crippen molar-refractivity contribution >= 4 is 69.3 Å². The van der Waals surface area contributed by atoms with Crippen molar-refractivity contribution in [2.75, 3.05) is 0 Å². The number of carbonyl (C=O) groups is 3. The Bertz CT molecular complexity index is 687. The summed E-state index contributed by atoms with van der Waals surface area (Å²) < 4.78 is 5.88. The Hall–Kier alpha value is -1.84. The molecule has 106 valence electrons. The lowest BCUT2D eigenvalue weighted by Gasteiger charge is -1.91. The Balaban J connectivity index is 1.81. The van der Waals surface area contributed by atoms with Crippen molar-refractivity contribution in [3.63, 3.8) is 0 Å². The van der Waals surface area contributed by atoms with E-state index in [0.717, 1.165) is 23.5 Å². The third-order valence-corrected chi connectivity index (χ3v) is 4.45. The van der Waals surface area contributed by atoms with Crippen LogP contribution >= 0.6 is 35.7 Å². The van der Waals surface area contributed by atoms with Gasteiger partial charge >= 0.3 is 0 Å². The molecule has 3 rings (SSSR count). The summed E-state index contributed by atoms with van der Waals surface area (Å²) in [6, 6.07) is 3.31. The molecule has 1 aromatic heterocycles. The van der Waals surface area contributed by atoms with Gasteiger partial charge in [0.25, 0.3) is 17.1 Å². The van der Waals surface area contributed by atoms with Crippen molar-refractivity contribution in [1.82, 2.24) is 10.6 Å². The van der Waals surface area contributed by atoms with Crippen LogP contribution in [0.5, 0.6) is 0 Å². The average Bonchev–Trinajstić information content (AvgIpc) is 3.04. The monoisotopic (exact) mass is 338 g/mol. The molecule has 6 nitrogen and oxygen atoms in total. The van der Waals surface area contributed by atoms with E-state index in [1.807, 2.05) is 0 Å². The topological polar surface area (TPSA) is 88.4 Å². The summed E-state index contributed by atoms with van der Waals surface area (Å²) >= 11 is 6.85. The van der Waals surface area contributed by atoms with Gasteiger partial charge in [0.15, 0.2) is 0 Å². The summed E-state index contributed by atoms with van der Waals surface area (Å²) in [5.41, 5.74) is 0. The highest BCUT2D eigenvalue weighted by atomic mass is 32.2. The SMILES string of the molecule is O=C1NC(=O)C(=Cc2ccc(C=C3SC(=S)NC3=O)o2)S1. The maximum Gasteiger partial charge on any atom is 0.290 e. The fourth-order valence-electron chi connectivity index (χ4n) is 1.62. The van der Waals surface area contributed by atoms with Gasteiger partial charge in [0.05, 0.1) is 9.81 Å². The molecule has 0 spiro atoms. The molecular formula is C12H6N2O4S3. The second-order valence-electron chi connectivity index (χ2n) is 3.94. The Morgan fingerprint density at radius 3 is 2.00 bits per heavy atom. The lowest BCUT2D eigenvalue weighted by atomic mass is 10.3. The van der Waals surface area contributed by atoms with Crippen LogP contribution in [-0.4, -0.2) is 21.4 Å². The molecule has 1 aromatic rings. The summed E-state index contributed by atoms with van der Waals surface area (Å²) in [5, 5.41) is 4.25. The summed E-state index contributed by atoms with van der Waals surface area (Å²) in [6.45, 7) is 0. The number of hydrogen-bond acceptors (Lipinski definition) is 7. The van der Waals surface area contributed by atoms with Crippen LogP contribution in [0.3, 0.4) is 0 Å². The first kappa shape index (κ1) is 14.1. The predicted octanol–water partition coefficient (Wildman–Crippen LogP) is 2.09. The molecule has 0 aromatic carbocycles. The number of thioether (sulfide) groups is 2. The summed E-state index contributed by atoms with van der Waals surface area (Å²) in [7, 11) is 0. The van der Waals surface area contributed by atoms with Crippen molar-refractivity contribution < 1.29 is 18.8 Å². The molecule has 21 heavy (non-hydrogen) atoms. The van der Waals surface area contributed by atoms with Gasteiger partial charge in [0.2, 0.25) is 0 Å². The van der Waals surface area contributed by atoms with Crippen molar-refractivity contribution in [3.05, 3.63) is 33.5 Å². The first-order valence-corrected chi connectivity index (χ1v) is 7.65. The van der Waals surface area contributed by atoms with Crippen LogP contribution in [-0.2, 0) is 9.59 Å². The van der Waals surface area contributed by atoms with Gasteiger partial charge in [0.1, 0.15) is 15.8 Å². The minimum atomic E-state index is -0.447. The number of carbonyl (C=O) groups excluding carboxylic acids is 3. The third kappa shape index (κ3) is 3.09. The van der Waals surface area contributed by atoms with Crippen LogP contribution in [0.15, 0.2) is 26.4 Å². The van der Waals surface area contributed by atoms with Crippen LogP contribution in [0.25, 0.3) is 12.2 Å². The quantitative estimate of drug-likeness (QED) is 0.630. The van der Waals surface area contributed by atoms with Crippen LogP contribution in [0, 0.1) is 0 Å². The standard InChI is InChI=1S/C12H6N2O4S3/c15-9-7(20-11(17)13-9)3-5-1-2-6(18-5)4-8-10(16)14-12(19)21-8/h1-4H,(H,13,15,17)(H,14,16,19). The largest absolute Gasteiger partial charge is 0.457 e. The molecular weight excluding hydrogens is 332 g/mol. The van der Waals surface area contributed by atoms with Crippen molar-refractivity contribution in [2.45, 2.75) is 0 Å². The van der Waals surface area contributed by atoms with Crippen LogP contribution in [0.1, 0.15) is 11.5 Å². The number of furan rings is 1. The summed E-state index contributed by atoms with van der Waals surface area (Å²) in [6.07, 6.45) is 3.04. The van der Waals surface area contributed by atoms with Gasteiger partial charge in [0, 0.05) is 12.2 Å². The Kier molecular flexibility index (Phi) is 3.70. The van der Waals surface area contributed by atoms with Crippen LogP contribution in [0.2, 0.25) is 0 Å². The number of thiocarbonyl (C=S) groups is 1. The highest BCUT2D eigenvalue weighted by molar-refractivity contribution is 8.26. The van der Waals surface area contributed by atoms with Gasteiger partial charge in [-0.25, -0.2) is 0 Å². The van der Waals surface area contributed by atoms with Crippen molar-refractivity contribution in [1.29, 1.82) is 0 Å². The van der Waals surface area contributed by atoms with E-state index >= 15 is 0 Å². The Morgan fingerprint density at radius 1 is 0.952 bits per heavy atom. The van der Waals surface area contributed by atoms with Gasteiger partial charge in [-0.3, -0.25) is 19.7 Å². The fraction of sp³-hybridized carbons (Fsp3) is 0. The molecule has 2 aliphatic heterocycles. The third-order valence-electron chi connectivity index (χ3n) is 2.48. The number of nitrogens with one attached hydrogen (secondary N) is 2. The van der Waals surface area contributed by atoms with E-state index in [2.05, 4.69) is 10.6 Å². The van der Waals surface area contributed by atoms with Gasteiger partial charge in [-0.1, -0.05) is 24.0 Å². The molecule has 9 heteroatoms. The van der Waals surface area contributed by atoms with E-state index in [0.29, 0.717) is 20.7 Å². The summed E-state index contributed by atoms with van der Waals surface area (Å²) in [4.78, 5) is 34.7. The number of imide groups is 1. The number of rotatable bonds is 2. The lowest BCUT2D eigenvalue weighted by Crippen LogP contribution is -2.17. The molecule has 0 bridgehead atoms. The second kappa shape index (κ2) is 5.51. The molecule has 0 aliphatic carbocycles. The molecule has 2 aliphatic rings. The zero-order valence-corrected chi connectivity index (χ0v) is 12.6. The molecule has 3 heterocycles. The maximum atomic E-state index is 11.5. The molecule has 2 fully saturated rings. The molecule has 3 amide bonds. The minimum absolute atomic E-state index is 0.266. The van der Waals surface area contributed by atoms with E-state index in [-0.39, 0.29) is 10.8 Å². The average molecular weight is 338 g/mol. The molecule has 0 atom stereocenters. The van der Waals surface area contributed by atoms with Crippen molar-refractivity contribution in [3.8, 4) is 0 Å². The number of hydrogen-bond donors (Lipinski definition) is 2. The lowest BCUT2D eigenvalue weighted by molar-refractivity contribution is -0.116. The second-order valence-corrected chi connectivity index (χ2v) is 6.68. The normalized spacial score (nSPS) is 22.3. The maximum absolute atomic E-state index is 11.5. The van der Waals surface area contributed by atoms with Gasteiger partial charge < -0.3 is 9.73 Å². The first-order chi connectivity index (χ1) is 10.0. The zero-order valence-electron chi connectivity index (χ0n) is 10.2. The molecule has 2 saturated heterocycles. The predicted molar refractivity (Wildman–Crippen MR) is 84.1 cm³/mol. The molecule has 2 N–H and O–H groups in total. The molecule has 0 unspecified atom stereocenters. The van der Waals surface area contributed by atoms with Crippen LogP contribution < -0.4 is 10.6 Å². The number of amides is 3. The van der Waals surface area contributed by atoms with E-state index in [4.69, 9.17) is 16.6 Å².